The summed E-state index contributed by atoms with van der Waals surface area (Å²) in [6.07, 6.45) is -4.33. The highest BCUT2D eigenvalue weighted by molar-refractivity contribution is 5.50. The number of halogens is 3. The number of hydrogen-bond acceptors (Lipinski definition) is 4. The van der Waals surface area contributed by atoms with Gasteiger partial charge in [0.2, 0.25) is 5.88 Å². The molecule has 0 amide bonds. The molecule has 0 unspecified atom stereocenters. The van der Waals surface area contributed by atoms with Crippen LogP contribution in [0.4, 0.5) is 19.0 Å². The van der Waals surface area contributed by atoms with Crippen LogP contribution in [0.5, 0.6) is 5.88 Å². The Balaban J connectivity index is 1.82. The average Bonchev–Trinajstić information content (AvgIpc) is 2.54. The number of fused-ring (bicyclic) bond motifs is 1. The number of aromatic nitrogens is 1. The summed E-state index contributed by atoms with van der Waals surface area (Å²) in [6.45, 7) is 1.19. The quantitative estimate of drug-likeness (QED) is 0.864. The topological polar surface area (TPSA) is 34.6 Å². The van der Waals surface area contributed by atoms with Crippen LogP contribution >= 0.6 is 0 Å². The largest absolute Gasteiger partial charge is 0.481 e. The Bertz CT molecular complexity index is 687. The molecule has 122 valence electrons. The highest BCUT2D eigenvalue weighted by Crippen LogP contribution is 2.30. The Morgan fingerprint density at radius 2 is 1.91 bits per heavy atom. The number of ether oxygens (including phenoxy) is 2. The summed E-state index contributed by atoms with van der Waals surface area (Å²) >= 11 is 0. The summed E-state index contributed by atoms with van der Waals surface area (Å²) in [6, 6.07) is 8.73. The molecule has 0 bridgehead atoms. The third kappa shape index (κ3) is 3.39. The standard InChI is InChI=1S/C16H15F3N2O2/c1-22-14-7-4-12-9-23-10-21(15(12)20-14)8-11-2-5-13(6-3-11)16(17,18)19/h2-7H,8-10H2,1H3. The fourth-order valence-corrected chi connectivity index (χ4v) is 2.43. The van der Waals surface area contributed by atoms with Gasteiger partial charge in [0.1, 0.15) is 12.5 Å². The lowest BCUT2D eigenvalue weighted by Crippen LogP contribution is -2.31. The Labute approximate surface area is 131 Å². The fraction of sp³-hybridized carbons (Fsp3) is 0.312. The second-order valence-corrected chi connectivity index (χ2v) is 5.21. The van der Waals surface area contributed by atoms with Crippen LogP contribution < -0.4 is 9.64 Å². The maximum Gasteiger partial charge on any atom is 0.416 e. The molecule has 3 rings (SSSR count). The van der Waals surface area contributed by atoms with Crippen LogP contribution in [-0.4, -0.2) is 18.8 Å². The van der Waals surface area contributed by atoms with E-state index in [9.17, 15) is 13.2 Å². The van der Waals surface area contributed by atoms with Gasteiger partial charge in [0.05, 0.1) is 19.3 Å². The second kappa shape index (κ2) is 6.08. The van der Waals surface area contributed by atoms with Crippen LogP contribution in [-0.2, 0) is 24.1 Å². The first-order chi connectivity index (χ1) is 11.0. The third-order valence-electron chi connectivity index (χ3n) is 3.60. The minimum atomic E-state index is -4.33. The first-order valence-electron chi connectivity index (χ1n) is 7.00. The van der Waals surface area contributed by atoms with Crippen molar-refractivity contribution in [1.29, 1.82) is 0 Å². The van der Waals surface area contributed by atoms with Gasteiger partial charge < -0.3 is 14.4 Å². The van der Waals surface area contributed by atoms with Crippen molar-refractivity contribution in [3.05, 3.63) is 53.1 Å². The molecule has 1 aromatic carbocycles. The molecule has 0 saturated carbocycles. The van der Waals surface area contributed by atoms with E-state index in [0.29, 0.717) is 25.8 Å². The van der Waals surface area contributed by atoms with E-state index >= 15 is 0 Å². The molecule has 0 N–H and O–H groups in total. The molecule has 0 radical (unpaired) electrons. The van der Waals surface area contributed by atoms with Crippen molar-refractivity contribution in [2.45, 2.75) is 19.3 Å². The summed E-state index contributed by atoms with van der Waals surface area (Å²) in [5.74, 6) is 1.22. The molecule has 0 spiro atoms. The Kier molecular flexibility index (Phi) is 4.12. The van der Waals surface area contributed by atoms with Gasteiger partial charge in [-0.25, -0.2) is 0 Å². The van der Waals surface area contributed by atoms with Crippen molar-refractivity contribution in [3.8, 4) is 5.88 Å². The molecule has 23 heavy (non-hydrogen) atoms. The van der Waals surface area contributed by atoms with Crippen LogP contribution in [0.2, 0.25) is 0 Å². The maximum atomic E-state index is 12.6. The number of alkyl halides is 3. The molecule has 1 aromatic heterocycles. The van der Waals surface area contributed by atoms with Gasteiger partial charge in [0.25, 0.3) is 0 Å². The first kappa shape index (κ1) is 15.6. The van der Waals surface area contributed by atoms with Crippen molar-refractivity contribution in [1.82, 2.24) is 4.98 Å². The van der Waals surface area contributed by atoms with Gasteiger partial charge in [-0.05, 0) is 23.8 Å². The lowest BCUT2D eigenvalue weighted by atomic mass is 10.1. The number of nitrogens with zero attached hydrogens (tertiary/aromatic N) is 2. The van der Waals surface area contributed by atoms with Gasteiger partial charge in [0, 0.05) is 18.2 Å². The van der Waals surface area contributed by atoms with Gasteiger partial charge >= 0.3 is 6.18 Å². The van der Waals surface area contributed by atoms with E-state index in [1.165, 1.54) is 19.2 Å². The van der Waals surface area contributed by atoms with Crippen molar-refractivity contribution in [3.63, 3.8) is 0 Å². The zero-order valence-corrected chi connectivity index (χ0v) is 12.4. The number of rotatable bonds is 3. The van der Waals surface area contributed by atoms with Crippen LogP contribution in [0.25, 0.3) is 0 Å². The lowest BCUT2D eigenvalue weighted by Gasteiger charge is -2.30. The zero-order chi connectivity index (χ0) is 16.4. The molecule has 0 saturated heterocycles. The number of anilines is 1. The smallest absolute Gasteiger partial charge is 0.416 e. The molecular formula is C16H15F3N2O2. The molecular weight excluding hydrogens is 309 g/mol. The summed E-state index contributed by atoms with van der Waals surface area (Å²) in [5, 5.41) is 0. The number of benzene rings is 1. The van der Waals surface area contributed by atoms with Gasteiger partial charge in [-0.15, -0.1) is 0 Å². The van der Waals surface area contributed by atoms with Gasteiger partial charge in [-0.2, -0.15) is 18.2 Å². The SMILES string of the molecule is COc1ccc2c(n1)N(Cc1ccc(C(F)(F)F)cc1)COC2. The Hall–Kier alpha value is -2.28. The zero-order valence-electron chi connectivity index (χ0n) is 12.4. The molecule has 0 fully saturated rings. The minimum Gasteiger partial charge on any atom is -0.481 e. The van der Waals surface area contributed by atoms with Crippen molar-refractivity contribution in [2.75, 3.05) is 18.7 Å². The summed E-state index contributed by atoms with van der Waals surface area (Å²) in [7, 11) is 1.54. The summed E-state index contributed by atoms with van der Waals surface area (Å²) < 4.78 is 48.4. The average molecular weight is 324 g/mol. The molecule has 2 aromatic rings. The summed E-state index contributed by atoms with van der Waals surface area (Å²) in [5.41, 5.74) is 1.01. The van der Waals surface area contributed by atoms with E-state index in [4.69, 9.17) is 9.47 Å². The fourth-order valence-electron chi connectivity index (χ4n) is 2.43. The van der Waals surface area contributed by atoms with E-state index in [1.807, 2.05) is 11.0 Å². The van der Waals surface area contributed by atoms with E-state index < -0.39 is 11.7 Å². The highest BCUT2D eigenvalue weighted by atomic mass is 19.4. The third-order valence-corrected chi connectivity index (χ3v) is 3.60. The highest BCUT2D eigenvalue weighted by Gasteiger charge is 2.30. The van der Waals surface area contributed by atoms with Gasteiger partial charge in [-0.3, -0.25) is 0 Å². The molecule has 1 aliphatic rings. The first-order valence-corrected chi connectivity index (χ1v) is 7.00. The second-order valence-electron chi connectivity index (χ2n) is 5.21. The number of methoxy groups -OCH3 is 1. The number of hydrogen-bond donors (Lipinski definition) is 0. The van der Waals surface area contributed by atoms with Crippen molar-refractivity contribution in [2.24, 2.45) is 0 Å². The molecule has 0 atom stereocenters. The predicted octanol–water partition coefficient (Wildman–Crippen LogP) is 3.60. The Morgan fingerprint density at radius 3 is 2.57 bits per heavy atom. The normalized spacial score (nSPS) is 14.5. The predicted molar refractivity (Wildman–Crippen MR) is 78.1 cm³/mol. The van der Waals surface area contributed by atoms with E-state index in [-0.39, 0.29) is 0 Å². The monoisotopic (exact) mass is 324 g/mol. The maximum absolute atomic E-state index is 12.6. The van der Waals surface area contributed by atoms with Crippen LogP contribution in [0, 0.1) is 0 Å². The molecule has 4 nitrogen and oxygen atoms in total. The minimum absolute atomic E-state index is 0.328. The molecule has 0 aliphatic carbocycles. The van der Waals surface area contributed by atoms with Crippen molar-refractivity contribution < 1.29 is 22.6 Å². The van der Waals surface area contributed by atoms with Gasteiger partial charge in [-0.1, -0.05) is 12.1 Å². The Morgan fingerprint density at radius 1 is 1.17 bits per heavy atom. The molecule has 2 heterocycles. The molecule has 7 heteroatoms. The van der Waals surface area contributed by atoms with Gasteiger partial charge in [0.15, 0.2) is 0 Å². The van der Waals surface area contributed by atoms with E-state index in [1.54, 1.807) is 6.07 Å². The lowest BCUT2D eigenvalue weighted by molar-refractivity contribution is -0.137. The number of pyridine rings is 1. The summed E-state index contributed by atoms with van der Waals surface area (Å²) in [4.78, 5) is 6.27. The van der Waals surface area contributed by atoms with Crippen LogP contribution in [0.1, 0.15) is 16.7 Å². The van der Waals surface area contributed by atoms with Crippen LogP contribution in [0.3, 0.4) is 0 Å². The molecule has 1 aliphatic heterocycles. The van der Waals surface area contributed by atoms with Crippen LogP contribution in [0.15, 0.2) is 36.4 Å². The van der Waals surface area contributed by atoms with E-state index in [0.717, 1.165) is 29.1 Å². The van der Waals surface area contributed by atoms with Crippen molar-refractivity contribution >= 4 is 5.82 Å². The van der Waals surface area contributed by atoms with E-state index in [2.05, 4.69) is 4.98 Å².